The van der Waals surface area contributed by atoms with E-state index in [0.717, 1.165) is 38.4 Å². The fraction of sp³-hybridized carbons (Fsp3) is 0.692. The van der Waals surface area contributed by atoms with Crippen LogP contribution in [-0.4, -0.2) is 36.6 Å². The van der Waals surface area contributed by atoms with E-state index >= 15 is 0 Å². The Morgan fingerprint density at radius 1 is 1.50 bits per heavy atom. The molecule has 1 aromatic rings. The zero-order valence-corrected chi connectivity index (χ0v) is 10.3. The maximum Gasteiger partial charge on any atom is 0.103 e. The summed E-state index contributed by atoms with van der Waals surface area (Å²) in [7, 11) is 0. The summed E-state index contributed by atoms with van der Waals surface area (Å²) in [6.07, 6.45) is 3.98. The van der Waals surface area contributed by atoms with E-state index in [1.165, 1.54) is 6.42 Å². The van der Waals surface area contributed by atoms with Crippen LogP contribution in [0.1, 0.15) is 26.0 Å². The second-order valence-corrected chi connectivity index (χ2v) is 5.16. The number of hydrogen-bond donors (Lipinski definition) is 1. The topological polar surface area (TPSA) is 28.4 Å². The molecule has 0 radical (unpaired) electrons. The quantitative estimate of drug-likeness (QED) is 0.843. The van der Waals surface area contributed by atoms with Gasteiger partial charge in [-0.3, -0.25) is 4.90 Å². The second kappa shape index (κ2) is 5.02. The lowest BCUT2D eigenvalue weighted by Crippen LogP contribution is -2.58. The van der Waals surface area contributed by atoms with Crippen molar-refractivity contribution in [2.75, 3.05) is 26.2 Å². The van der Waals surface area contributed by atoms with Gasteiger partial charge in [-0.2, -0.15) is 0 Å². The van der Waals surface area contributed by atoms with E-state index in [1.807, 2.05) is 6.07 Å². The third-order valence-corrected chi connectivity index (χ3v) is 3.40. The standard InChI is InChI=1S/C13H22N2O/c1-13(2)11-14-7-9-15(13)8-3-5-12-6-4-10-16-12/h4,6,10,14H,3,5,7-9,11H2,1-2H3. The van der Waals surface area contributed by atoms with Crippen molar-refractivity contribution in [2.24, 2.45) is 0 Å². The van der Waals surface area contributed by atoms with Crippen LogP contribution in [0.15, 0.2) is 22.8 Å². The highest BCUT2D eigenvalue weighted by molar-refractivity contribution is 4.98. The van der Waals surface area contributed by atoms with Crippen molar-refractivity contribution >= 4 is 0 Å². The Balaban J connectivity index is 1.76. The first kappa shape index (κ1) is 11.7. The lowest BCUT2D eigenvalue weighted by molar-refractivity contribution is 0.0891. The monoisotopic (exact) mass is 222 g/mol. The maximum absolute atomic E-state index is 5.34. The van der Waals surface area contributed by atoms with Crippen molar-refractivity contribution in [2.45, 2.75) is 32.2 Å². The minimum atomic E-state index is 0.293. The highest BCUT2D eigenvalue weighted by atomic mass is 16.3. The number of hydrogen-bond acceptors (Lipinski definition) is 3. The molecule has 2 heterocycles. The van der Waals surface area contributed by atoms with Crippen LogP contribution in [0.4, 0.5) is 0 Å². The van der Waals surface area contributed by atoms with Crippen molar-refractivity contribution in [3.63, 3.8) is 0 Å². The van der Waals surface area contributed by atoms with Crippen LogP contribution >= 0.6 is 0 Å². The van der Waals surface area contributed by atoms with Crippen LogP contribution in [0, 0.1) is 0 Å². The maximum atomic E-state index is 5.34. The number of piperazine rings is 1. The summed E-state index contributed by atoms with van der Waals surface area (Å²) in [5.41, 5.74) is 0.293. The molecule has 0 aliphatic carbocycles. The van der Waals surface area contributed by atoms with Crippen molar-refractivity contribution in [3.05, 3.63) is 24.2 Å². The Kier molecular flexibility index (Phi) is 3.66. The van der Waals surface area contributed by atoms with Gasteiger partial charge in [-0.05, 0) is 38.9 Å². The molecule has 0 spiro atoms. The highest BCUT2D eigenvalue weighted by Crippen LogP contribution is 2.17. The molecule has 90 valence electrons. The van der Waals surface area contributed by atoms with Crippen LogP contribution in [0.2, 0.25) is 0 Å². The van der Waals surface area contributed by atoms with Crippen molar-refractivity contribution in [3.8, 4) is 0 Å². The van der Waals surface area contributed by atoms with Gasteiger partial charge < -0.3 is 9.73 Å². The molecule has 0 atom stereocenters. The fourth-order valence-corrected chi connectivity index (χ4v) is 2.34. The van der Waals surface area contributed by atoms with Gasteiger partial charge in [0.15, 0.2) is 0 Å². The van der Waals surface area contributed by atoms with E-state index in [9.17, 15) is 0 Å². The number of nitrogens with zero attached hydrogens (tertiary/aromatic N) is 1. The largest absolute Gasteiger partial charge is 0.469 e. The number of rotatable bonds is 4. The van der Waals surface area contributed by atoms with Gasteiger partial charge in [-0.1, -0.05) is 0 Å². The molecule has 0 aromatic carbocycles. The molecule has 0 bridgehead atoms. The Morgan fingerprint density at radius 3 is 3.06 bits per heavy atom. The van der Waals surface area contributed by atoms with Crippen molar-refractivity contribution in [1.29, 1.82) is 0 Å². The van der Waals surface area contributed by atoms with Gasteiger partial charge in [0.05, 0.1) is 6.26 Å². The fourth-order valence-electron chi connectivity index (χ4n) is 2.34. The molecule has 1 aliphatic heterocycles. The molecule has 1 fully saturated rings. The van der Waals surface area contributed by atoms with Gasteiger partial charge in [0, 0.05) is 31.6 Å². The molecule has 16 heavy (non-hydrogen) atoms. The van der Waals surface area contributed by atoms with Crippen LogP contribution in [0.25, 0.3) is 0 Å². The van der Waals surface area contributed by atoms with Crippen LogP contribution < -0.4 is 5.32 Å². The summed E-state index contributed by atoms with van der Waals surface area (Å²) in [5, 5.41) is 3.45. The summed E-state index contributed by atoms with van der Waals surface area (Å²) in [6, 6.07) is 4.02. The number of furan rings is 1. The predicted molar refractivity (Wildman–Crippen MR) is 65.6 cm³/mol. The molecule has 3 heteroatoms. The normalized spacial score (nSPS) is 21.1. The molecular formula is C13H22N2O. The van der Waals surface area contributed by atoms with Crippen LogP contribution in [0.3, 0.4) is 0 Å². The molecule has 3 nitrogen and oxygen atoms in total. The minimum Gasteiger partial charge on any atom is -0.469 e. The Hall–Kier alpha value is -0.800. The lowest BCUT2D eigenvalue weighted by atomic mass is 9.99. The molecule has 1 N–H and O–H groups in total. The molecule has 2 rings (SSSR count). The molecule has 0 saturated carbocycles. The molecule has 1 saturated heterocycles. The predicted octanol–water partition coefficient (Wildman–Crippen LogP) is 1.90. The number of nitrogens with one attached hydrogen (secondary N) is 1. The van der Waals surface area contributed by atoms with E-state index in [0.29, 0.717) is 5.54 Å². The zero-order valence-electron chi connectivity index (χ0n) is 10.3. The Labute approximate surface area is 97.8 Å². The summed E-state index contributed by atoms with van der Waals surface area (Å²) < 4.78 is 5.34. The van der Waals surface area contributed by atoms with Gasteiger partial charge in [0.2, 0.25) is 0 Å². The van der Waals surface area contributed by atoms with Crippen molar-refractivity contribution < 1.29 is 4.42 Å². The van der Waals surface area contributed by atoms with E-state index in [1.54, 1.807) is 6.26 Å². The molecule has 0 unspecified atom stereocenters. The number of aryl methyl sites for hydroxylation is 1. The molecular weight excluding hydrogens is 200 g/mol. The van der Waals surface area contributed by atoms with Gasteiger partial charge in [0.25, 0.3) is 0 Å². The summed E-state index contributed by atoms with van der Waals surface area (Å²) in [6.45, 7) is 9.15. The smallest absolute Gasteiger partial charge is 0.103 e. The zero-order chi connectivity index (χ0) is 11.4. The van der Waals surface area contributed by atoms with Gasteiger partial charge >= 0.3 is 0 Å². The van der Waals surface area contributed by atoms with E-state index in [-0.39, 0.29) is 0 Å². The third kappa shape index (κ3) is 2.86. The first-order chi connectivity index (χ1) is 7.68. The molecule has 0 amide bonds. The summed E-state index contributed by atoms with van der Waals surface area (Å²) >= 11 is 0. The molecule has 1 aromatic heterocycles. The second-order valence-electron chi connectivity index (χ2n) is 5.16. The van der Waals surface area contributed by atoms with Crippen LogP contribution in [0.5, 0.6) is 0 Å². The molecule has 1 aliphatic rings. The van der Waals surface area contributed by atoms with Crippen molar-refractivity contribution in [1.82, 2.24) is 10.2 Å². The van der Waals surface area contributed by atoms with E-state index in [2.05, 4.69) is 30.1 Å². The third-order valence-electron chi connectivity index (χ3n) is 3.40. The summed E-state index contributed by atoms with van der Waals surface area (Å²) in [5.74, 6) is 1.10. The summed E-state index contributed by atoms with van der Waals surface area (Å²) in [4.78, 5) is 2.58. The van der Waals surface area contributed by atoms with E-state index in [4.69, 9.17) is 4.42 Å². The van der Waals surface area contributed by atoms with E-state index < -0.39 is 0 Å². The minimum absolute atomic E-state index is 0.293. The highest BCUT2D eigenvalue weighted by Gasteiger charge is 2.28. The SMILES string of the molecule is CC1(C)CNCCN1CCCc1ccco1. The lowest BCUT2D eigenvalue weighted by Gasteiger charge is -2.42. The van der Waals surface area contributed by atoms with Crippen LogP contribution in [-0.2, 0) is 6.42 Å². The first-order valence-electron chi connectivity index (χ1n) is 6.17. The van der Waals surface area contributed by atoms with Gasteiger partial charge in [-0.25, -0.2) is 0 Å². The average Bonchev–Trinajstić information content (AvgIpc) is 2.73. The van der Waals surface area contributed by atoms with Gasteiger partial charge in [-0.15, -0.1) is 0 Å². The van der Waals surface area contributed by atoms with Gasteiger partial charge in [0.1, 0.15) is 5.76 Å². The Bertz CT molecular complexity index is 306. The first-order valence-corrected chi connectivity index (χ1v) is 6.17. The average molecular weight is 222 g/mol. The Morgan fingerprint density at radius 2 is 2.38 bits per heavy atom.